The summed E-state index contributed by atoms with van der Waals surface area (Å²) in [5, 5.41) is 3.08. The second-order valence-corrected chi connectivity index (χ2v) is 4.90. The van der Waals surface area contributed by atoms with Crippen molar-refractivity contribution < 1.29 is 14.3 Å². The Balaban J connectivity index is 0.00000180. The molecule has 1 heterocycles. The van der Waals surface area contributed by atoms with Crippen molar-refractivity contribution in [3.8, 4) is 11.5 Å². The quantitative estimate of drug-likeness (QED) is 0.845. The Labute approximate surface area is 119 Å². The maximum absolute atomic E-state index is 12.4. The lowest BCUT2D eigenvalue weighted by atomic mass is 9.96. The number of hydrogen-bond donors (Lipinski definition) is 1. The molecule has 0 amide bonds. The Kier molecular flexibility index (Phi) is 5.63. The average molecular weight is 286 g/mol. The molecule has 0 saturated carbocycles. The molecule has 19 heavy (non-hydrogen) atoms. The Bertz CT molecular complexity index is 448. The van der Waals surface area contributed by atoms with Crippen molar-refractivity contribution in [1.82, 2.24) is 5.32 Å². The van der Waals surface area contributed by atoms with E-state index in [-0.39, 0.29) is 31.0 Å². The monoisotopic (exact) mass is 285 g/mol. The molecule has 0 radical (unpaired) electrons. The van der Waals surface area contributed by atoms with E-state index in [4.69, 9.17) is 9.47 Å². The Morgan fingerprint density at radius 2 is 2.00 bits per heavy atom. The van der Waals surface area contributed by atoms with E-state index in [2.05, 4.69) is 19.2 Å². The van der Waals surface area contributed by atoms with Gasteiger partial charge in [0.1, 0.15) is 0 Å². The first-order valence-corrected chi connectivity index (χ1v) is 6.23. The first kappa shape index (κ1) is 15.8. The summed E-state index contributed by atoms with van der Waals surface area (Å²) in [7, 11) is 1.82. The van der Waals surface area contributed by atoms with E-state index in [0.717, 1.165) is 6.42 Å². The van der Waals surface area contributed by atoms with E-state index in [1.54, 1.807) is 18.2 Å². The number of ketones is 1. The molecule has 1 aromatic carbocycles. The molecular formula is C14H20ClNO3. The van der Waals surface area contributed by atoms with Crippen LogP contribution in [0.25, 0.3) is 0 Å². The number of hydrogen-bond acceptors (Lipinski definition) is 4. The highest BCUT2D eigenvalue weighted by Gasteiger charge is 2.22. The van der Waals surface area contributed by atoms with Crippen LogP contribution in [0.15, 0.2) is 18.2 Å². The van der Waals surface area contributed by atoms with Gasteiger partial charge in [0, 0.05) is 5.56 Å². The van der Waals surface area contributed by atoms with E-state index in [1.165, 1.54) is 0 Å². The molecule has 1 atom stereocenters. The SMILES string of the molecule is CNC(CC(C)C)C(=O)c1ccc2c(c1)OCO2.Cl. The van der Waals surface area contributed by atoms with Crippen LogP contribution in [-0.4, -0.2) is 25.7 Å². The second kappa shape index (κ2) is 6.78. The summed E-state index contributed by atoms with van der Waals surface area (Å²) in [6.45, 7) is 4.45. The summed E-state index contributed by atoms with van der Waals surface area (Å²) in [6.07, 6.45) is 0.823. The largest absolute Gasteiger partial charge is 0.454 e. The van der Waals surface area contributed by atoms with Gasteiger partial charge in [-0.25, -0.2) is 0 Å². The Hall–Kier alpha value is -1.26. The van der Waals surface area contributed by atoms with Gasteiger partial charge < -0.3 is 14.8 Å². The summed E-state index contributed by atoms with van der Waals surface area (Å²) >= 11 is 0. The molecule has 5 heteroatoms. The van der Waals surface area contributed by atoms with Gasteiger partial charge in [-0.15, -0.1) is 12.4 Å². The topological polar surface area (TPSA) is 47.6 Å². The highest BCUT2D eigenvalue weighted by atomic mass is 35.5. The molecule has 1 aliphatic rings. The lowest BCUT2D eigenvalue weighted by molar-refractivity contribution is 0.0934. The number of rotatable bonds is 5. The highest BCUT2D eigenvalue weighted by molar-refractivity contribution is 6.00. The smallest absolute Gasteiger partial charge is 0.231 e. The fourth-order valence-corrected chi connectivity index (χ4v) is 2.08. The fraction of sp³-hybridized carbons (Fsp3) is 0.500. The van der Waals surface area contributed by atoms with Gasteiger partial charge in [0.15, 0.2) is 17.3 Å². The van der Waals surface area contributed by atoms with E-state index < -0.39 is 0 Å². The summed E-state index contributed by atoms with van der Waals surface area (Å²) in [5.74, 6) is 1.93. The third kappa shape index (κ3) is 3.61. The van der Waals surface area contributed by atoms with Gasteiger partial charge in [-0.05, 0) is 37.6 Å². The maximum atomic E-state index is 12.4. The molecule has 2 rings (SSSR count). The minimum absolute atomic E-state index is 0. The molecule has 1 unspecified atom stereocenters. The predicted molar refractivity (Wildman–Crippen MR) is 76.4 cm³/mol. The van der Waals surface area contributed by atoms with Crippen LogP contribution in [-0.2, 0) is 0 Å². The van der Waals surface area contributed by atoms with Crippen LogP contribution in [0.2, 0.25) is 0 Å². The maximum Gasteiger partial charge on any atom is 0.231 e. The minimum Gasteiger partial charge on any atom is -0.454 e. The lowest BCUT2D eigenvalue weighted by Gasteiger charge is -2.17. The van der Waals surface area contributed by atoms with Crippen molar-refractivity contribution in [2.24, 2.45) is 5.92 Å². The zero-order valence-corrected chi connectivity index (χ0v) is 12.3. The van der Waals surface area contributed by atoms with E-state index in [9.17, 15) is 4.79 Å². The van der Waals surface area contributed by atoms with E-state index in [1.807, 2.05) is 7.05 Å². The zero-order valence-electron chi connectivity index (χ0n) is 11.4. The van der Waals surface area contributed by atoms with Gasteiger partial charge in [-0.2, -0.15) is 0 Å². The standard InChI is InChI=1S/C14H19NO3.ClH/c1-9(2)6-11(15-3)14(16)10-4-5-12-13(7-10)18-8-17-12;/h4-5,7,9,11,15H,6,8H2,1-3H3;1H. The first-order valence-electron chi connectivity index (χ1n) is 6.23. The van der Waals surface area contributed by atoms with Crippen molar-refractivity contribution >= 4 is 18.2 Å². The number of benzene rings is 1. The van der Waals surface area contributed by atoms with Crippen LogP contribution in [0.5, 0.6) is 11.5 Å². The molecule has 106 valence electrons. The number of fused-ring (bicyclic) bond motifs is 1. The molecule has 1 aliphatic heterocycles. The molecule has 1 N–H and O–H groups in total. The number of carbonyl (C=O) groups excluding carboxylic acids is 1. The van der Waals surface area contributed by atoms with Crippen LogP contribution < -0.4 is 14.8 Å². The number of halogens is 1. The second-order valence-electron chi connectivity index (χ2n) is 4.90. The van der Waals surface area contributed by atoms with Crippen molar-refractivity contribution in [3.05, 3.63) is 23.8 Å². The van der Waals surface area contributed by atoms with Crippen molar-refractivity contribution in [2.45, 2.75) is 26.3 Å². The van der Waals surface area contributed by atoms with Gasteiger partial charge >= 0.3 is 0 Å². The first-order chi connectivity index (χ1) is 8.61. The number of Topliss-reactive ketones (excluding diaryl/α,β-unsaturated/α-hetero) is 1. The van der Waals surface area contributed by atoms with Crippen molar-refractivity contribution in [1.29, 1.82) is 0 Å². The number of ether oxygens (including phenoxy) is 2. The molecule has 0 spiro atoms. The Morgan fingerprint density at radius 1 is 1.32 bits per heavy atom. The van der Waals surface area contributed by atoms with Crippen LogP contribution in [0.4, 0.5) is 0 Å². The minimum atomic E-state index is -0.148. The average Bonchev–Trinajstić information content (AvgIpc) is 2.81. The number of likely N-dealkylation sites (N-methyl/N-ethyl adjacent to an activating group) is 1. The van der Waals surface area contributed by atoms with Gasteiger partial charge in [-0.3, -0.25) is 4.79 Å². The zero-order chi connectivity index (χ0) is 13.1. The molecule has 0 saturated heterocycles. The normalized spacial score (nSPS) is 14.1. The molecule has 0 fully saturated rings. The summed E-state index contributed by atoms with van der Waals surface area (Å²) in [5.41, 5.74) is 0.666. The van der Waals surface area contributed by atoms with Crippen molar-refractivity contribution in [2.75, 3.05) is 13.8 Å². The fourth-order valence-electron chi connectivity index (χ4n) is 2.08. The van der Waals surface area contributed by atoms with Gasteiger partial charge in [-0.1, -0.05) is 13.8 Å². The van der Waals surface area contributed by atoms with Crippen LogP contribution in [0.3, 0.4) is 0 Å². The summed E-state index contributed by atoms with van der Waals surface area (Å²) in [6, 6.07) is 5.19. The molecule has 1 aromatic rings. The Morgan fingerprint density at radius 3 is 2.63 bits per heavy atom. The van der Waals surface area contributed by atoms with Crippen molar-refractivity contribution in [3.63, 3.8) is 0 Å². The number of nitrogens with one attached hydrogen (secondary N) is 1. The van der Waals surface area contributed by atoms with E-state index >= 15 is 0 Å². The van der Waals surface area contributed by atoms with Crippen LogP contribution in [0, 0.1) is 5.92 Å². The summed E-state index contributed by atoms with van der Waals surface area (Å²) < 4.78 is 10.5. The predicted octanol–water partition coefficient (Wildman–Crippen LogP) is 2.65. The lowest BCUT2D eigenvalue weighted by Crippen LogP contribution is -2.35. The third-order valence-electron chi connectivity index (χ3n) is 3.03. The third-order valence-corrected chi connectivity index (χ3v) is 3.03. The number of carbonyl (C=O) groups is 1. The van der Waals surface area contributed by atoms with Gasteiger partial charge in [0.25, 0.3) is 0 Å². The molecule has 0 bridgehead atoms. The molecular weight excluding hydrogens is 266 g/mol. The van der Waals surface area contributed by atoms with Crippen LogP contribution in [0.1, 0.15) is 30.6 Å². The molecule has 0 aliphatic carbocycles. The van der Waals surface area contributed by atoms with E-state index in [0.29, 0.717) is 23.0 Å². The van der Waals surface area contributed by atoms with Crippen LogP contribution >= 0.6 is 12.4 Å². The summed E-state index contributed by atoms with van der Waals surface area (Å²) in [4.78, 5) is 12.4. The van der Waals surface area contributed by atoms with Gasteiger partial charge in [0.05, 0.1) is 6.04 Å². The highest BCUT2D eigenvalue weighted by Crippen LogP contribution is 2.32. The van der Waals surface area contributed by atoms with Gasteiger partial charge in [0.2, 0.25) is 6.79 Å². The molecule has 4 nitrogen and oxygen atoms in total. The molecule has 0 aromatic heterocycles.